The van der Waals surface area contributed by atoms with Crippen molar-refractivity contribution in [1.82, 2.24) is 4.90 Å². The van der Waals surface area contributed by atoms with Crippen molar-refractivity contribution in [3.05, 3.63) is 63.7 Å². The van der Waals surface area contributed by atoms with Crippen molar-refractivity contribution in [2.75, 3.05) is 44.3 Å². The van der Waals surface area contributed by atoms with Crippen molar-refractivity contribution >= 4 is 23.3 Å². The number of esters is 1. The van der Waals surface area contributed by atoms with Crippen LogP contribution in [0, 0.1) is 10.1 Å². The number of amides is 1. The Kier molecular flexibility index (Phi) is 8.23. The fourth-order valence-corrected chi connectivity index (χ4v) is 3.64. The van der Waals surface area contributed by atoms with E-state index in [0.29, 0.717) is 44.0 Å². The van der Waals surface area contributed by atoms with Crippen LogP contribution in [0.5, 0.6) is 5.75 Å². The van der Waals surface area contributed by atoms with E-state index in [1.165, 1.54) is 12.1 Å². The van der Waals surface area contributed by atoms with E-state index in [1.807, 2.05) is 4.90 Å². The van der Waals surface area contributed by atoms with Crippen molar-refractivity contribution in [2.24, 2.45) is 0 Å². The Morgan fingerprint density at radius 1 is 1.00 bits per heavy atom. The molecular formula is C24H29N3O6. The van der Waals surface area contributed by atoms with Crippen LogP contribution in [0.3, 0.4) is 0 Å². The van der Waals surface area contributed by atoms with Gasteiger partial charge in [-0.2, -0.15) is 0 Å². The summed E-state index contributed by atoms with van der Waals surface area (Å²) in [7, 11) is 0. The van der Waals surface area contributed by atoms with Gasteiger partial charge >= 0.3 is 5.97 Å². The van der Waals surface area contributed by atoms with Gasteiger partial charge in [0.1, 0.15) is 11.4 Å². The van der Waals surface area contributed by atoms with E-state index in [9.17, 15) is 19.7 Å². The number of benzene rings is 2. The number of rotatable bonds is 9. The summed E-state index contributed by atoms with van der Waals surface area (Å²) in [6.07, 6.45) is 2.04. The van der Waals surface area contributed by atoms with Crippen LogP contribution < -0.4 is 9.64 Å². The van der Waals surface area contributed by atoms with Crippen LogP contribution in [-0.4, -0.2) is 61.1 Å². The molecule has 2 aromatic rings. The zero-order valence-corrected chi connectivity index (χ0v) is 19.0. The number of ether oxygens (including phenoxy) is 2. The number of carbonyl (C=O) groups excluding carboxylic acids is 2. The van der Waals surface area contributed by atoms with Gasteiger partial charge in [0.15, 0.2) is 0 Å². The van der Waals surface area contributed by atoms with E-state index < -0.39 is 10.9 Å². The molecular weight excluding hydrogens is 426 g/mol. The fraction of sp³-hybridized carbons (Fsp3) is 0.417. The number of hydrogen-bond donors (Lipinski definition) is 0. The predicted octanol–water partition coefficient (Wildman–Crippen LogP) is 3.91. The van der Waals surface area contributed by atoms with E-state index in [2.05, 4.69) is 6.92 Å². The molecule has 0 saturated carbocycles. The van der Waals surface area contributed by atoms with E-state index in [0.717, 1.165) is 18.6 Å². The molecule has 0 bridgehead atoms. The van der Waals surface area contributed by atoms with Crippen molar-refractivity contribution in [2.45, 2.75) is 26.7 Å². The van der Waals surface area contributed by atoms with Crippen molar-refractivity contribution < 1.29 is 24.0 Å². The van der Waals surface area contributed by atoms with Gasteiger partial charge in [0.25, 0.3) is 11.6 Å². The smallest absolute Gasteiger partial charge is 0.338 e. The van der Waals surface area contributed by atoms with Gasteiger partial charge < -0.3 is 19.3 Å². The van der Waals surface area contributed by atoms with Crippen molar-refractivity contribution in [3.8, 4) is 5.75 Å². The Bertz CT molecular complexity index is 984. The summed E-state index contributed by atoms with van der Waals surface area (Å²) in [4.78, 5) is 39.5. The molecule has 0 atom stereocenters. The number of carbonyl (C=O) groups is 2. The summed E-state index contributed by atoms with van der Waals surface area (Å²) < 4.78 is 10.6. The number of unbranched alkanes of at least 4 members (excludes halogenated alkanes) is 1. The van der Waals surface area contributed by atoms with Gasteiger partial charge in [0.2, 0.25) is 0 Å². The molecule has 9 nitrogen and oxygen atoms in total. The first-order chi connectivity index (χ1) is 15.9. The molecule has 0 radical (unpaired) electrons. The van der Waals surface area contributed by atoms with E-state index >= 15 is 0 Å². The third-order valence-electron chi connectivity index (χ3n) is 5.46. The second-order valence-electron chi connectivity index (χ2n) is 7.69. The number of piperazine rings is 1. The quantitative estimate of drug-likeness (QED) is 0.244. The normalized spacial score (nSPS) is 13.5. The Labute approximate surface area is 193 Å². The van der Waals surface area contributed by atoms with Gasteiger partial charge in [-0.15, -0.1) is 0 Å². The summed E-state index contributed by atoms with van der Waals surface area (Å²) in [5.41, 5.74) is 0.993. The topological polar surface area (TPSA) is 102 Å². The number of anilines is 1. The Hall–Kier alpha value is -3.62. The third kappa shape index (κ3) is 6.00. The van der Waals surface area contributed by atoms with Crippen LogP contribution in [0.1, 0.15) is 47.4 Å². The molecule has 1 saturated heterocycles. The maximum atomic E-state index is 12.9. The first-order valence-corrected chi connectivity index (χ1v) is 11.2. The highest BCUT2D eigenvalue weighted by molar-refractivity contribution is 5.94. The van der Waals surface area contributed by atoms with Crippen LogP contribution in [-0.2, 0) is 4.74 Å². The number of nitro groups is 1. The molecule has 1 amide bonds. The van der Waals surface area contributed by atoms with Crippen molar-refractivity contribution in [1.29, 1.82) is 0 Å². The molecule has 0 N–H and O–H groups in total. The summed E-state index contributed by atoms with van der Waals surface area (Å²) in [5, 5.41) is 11.6. The first-order valence-electron chi connectivity index (χ1n) is 11.2. The zero-order chi connectivity index (χ0) is 23.8. The highest BCUT2D eigenvalue weighted by atomic mass is 16.6. The van der Waals surface area contributed by atoms with Crippen LogP contribution in [0.2, 0.25) is 0 Å². The molecule has 1 heterocycles. The molecule has 176 valence electrons. The van der Waals surface area contributed by atoms with Gasteiger partial charge in [0.05, 0.1) is 23.7 Å². The minimum absolute atomic E-state index is 0.0816. The average molecular weight is 456 g/mol. The molecule has 0 spiro atoms. The lowest BCUT2D eigenvalue weighted by Crippen LogP contribution is -2.49. The van der Waals surface area contributed by atoms with E-state index in [1.54, 1.807) is 42.2 Å². The Morgan fingerprint density at radius 3 is 2.27 bits per heavy atom. The van der Waals surface area contributed by atoms with Crippen LogP contribution >= 0.6 is 0 Å². The lowest BCUT2D eigenvalue weighted by Gasteiger charge is -2.36. The zero-order valence-electron chi connectivity index (χ0n) is 19.0. The fourth-order valence-electron chi connectivity index (χ4n) is 3.64. The van der Waals surface area contributed by atoms with Crippen molar-refractivity contribution in [3.63, 3.8) is 0 Å². The lowest BCUT2D eigenvalue weighted by molar-refractivity contribution is -0.384. The number of nitrogens with zero attached hydrogens (tertiary/aromatic N) is 3. The molecule has 33 heavy (non-hydrogen) atoms. The Morgan fingerprint density at radius 2 is 1.67 bits per heavy atom. The minimum atomic E-state index is -0.593. The SMILES string of the molecule is CCCCOc1ccc(C(=O)N2CCN(c3ccc(C(=O)OCC)cc3[N+](=O)[O-])CC2)cc1. The maximum absolute atomic E-state index is 12.9. The minimum Gasteiger partial charge on any atom is -0.494 e. The largest absolute Gasteiger partial charge is 0.494 e. The third-order valence-corrected chi connectivity index (χ3v) is 5.46. The van der Waals surface area contributed by atoms with Crippen LogP contribution in [0.25, 0.3) is 0 Å². The monoisotopic (exact) mass is 455 g/mol. The van der Waals surface area contributed by atoms with Gasteiger partial charge in [-0.05, 0) is 49.7 Å². The van der Waals surface area contributed by atoms with Gasteiger partial charge in [-0.3, -0.25) is 14.9 Å². The average Bonchev–Trinajstić information content (AvgIpc) is 2.84. The molecule has 3 rings (SSSR count). The highest BCUT2D eigenvalue weighted by Gasteiger charge is 2.27. The number of nitro benzene ring substituents is 1. The summed E-state index contributed by atoms with van der Waals surface area (Å²) in [5.74, 6) is 0.0645. The van der Waals surface area contributed by atoms with Crippen LogP contribution in [0.4, 0.5) is 11.4 Å². The van der Waals surface area contributed by atoms with Gasteiger partial charge in [-0.1, -0.05) is 13.3 Å². The Balaban J connectivity index is 1.64. The summed E-state index contributed by atoms with van der Waals surface area (Å²) >= 11 is 0. The maximum Gasteiger partial charge on any atom is 0.338 e. The standard InChI is InChI=1S/C24H29N3O6/c1-3-5-16-33-20-9-6-18(7-10-20)23(28)26-14-12-25(13-15-26)21-11-8-19(24(29)32-4-2)17-22(21)27(30)31/h6-11,17H,3-5,12-16H2,1-2H3. The second-order valence-corrected chi connectivity index (χ2v) is 7.69. The highest BCUT2D eigenvalue weighted by Crippen LogP contribution is 2.30. The molecule has 9 heteroatoms. The molecule has 2 aromatic carbocycles. The molecule has 0 aliphatic carbocycles. The van der Waals surface area contributed by atoms with E-state index in [4.69, 9.17) is 9.47 Å². The molecule has 0 unspecified atom stereocenters. The first kappa shape index (κ1) is 24.0. The molecule has 1 fully saturated rings. The second kappa shape index (κ2) is 11.3. The van der Waals surface area contributed by atoms with Crippen LogP contribution in [0.15, 0.2) is 42.5 Å². The predicted molar refractivity (Wildman–Crippen MR) is 124 cm³/mol. The molecule has 0 aromatic heterocycles. The summed E-state index contributed by atoms with van der Waals surface area (Å²) in [6, 6.07) is 11.5. The van der Waals surface area contributed by atoms with Gasteiger partial charge in [0, 0.05) is 37.8 Å². The number of hydrogen-bond acceptors (Lipinski definition) is 7. The van der Waals surface area contributed by atoms with Gasteiger partial charge in [-0.25, -0.2) is 4.79 Å². The summed E-state index contributed by atoms with van der Waals surface area (Å²) in [6.45, 7) is 6.39. The van der Waals surface area contributed by atoms with E-state index in [-0.39, 0.29) is 23.8 Å². The lowest BCUT2D eigenvalue weighted by atomic mass is 10.1. The molecule has 1 aliphatic rings. The molecule has 1 aliphatic heterocycles.